The highest BCUT2D eigenvalue weighted by atomic mass is 35.5. The molecule has 1 aliphatic heterocycles. The summed E-state index contributed by atoms with van der Waals surface area (Å²) < 4.78 is 13.1. The molecule has 1 aromatic carbocycles. The summed E-state index contributed by atoms with van der Waals surface area (Å²) in [4.78, 5) is 14.7. The number of halogens is 2. The molecule has 23 heavy (non-hydrogen) atoms. The standard InChI is InChI=1S/C17H23ClFN3O/c18-14-10-13(19)4-5-15(14)21-16(23)11-22-9-8-20-12-17(22)6-2-1-3-7-17/h4-5,10,20H,1-3,6-9,11-12H2,(H,21,23). The lowest BCUT2D eigenvalue weighted by Gasteiger charge is -2.49. The van der Waals surface area contributed by atoms with Gasteiger partial charge in [-0.2, -0.15) is 0 Å². The van der Waals surface area contributed by atoms with Crippen molar-refractivity contribution in [2.24, 2.45) is 0 Å². The maximum atomic E-state index is 13.1. The van der Waals surface area contributed by atoms with E-state index in [4.69, 9.17) is 11.6 Å². The Balaban J connectivity index is 1.65. The van der Waals surface area contributed by atoms with Crippen LogP contribution in [0.1, 0.15) is 32.1 Å². The third-order valence-electron chi connectivity index (χ3n) is 5.01. The van der Waals surface area contributed by atoms with Crippen molar-refractivity contribution in [3.63, 3.8) is 0 Å². The lowest BCUT2D eigenvalue weighted by molar-refractivity contribution is -0.120. The van der Waals surface area contributed by atoms with E-state index < -0.39 is 5.82 Å². The van der Waals surface area contributed by atoms with Crippen molar-refractivity contribution in [1.82, 2.24) is 10.2 Å². The van der Waals surface area contributed by atoms with Gasteiger partial charge in [-0.25, -0.2) is 4.39 Å². The van der Waals surface area contributed by atoms with E-state index in [-0.39, 0.29) is 16.5 Å². The zero-order chi connectivity index (χ0) is 16.3. The van der Waals surface area contributed by atoms with Crippen molar-refractivity contribution >= 4 is 23.2 Å². The Morgan fingerprint density at radius 1 is 1.35 bits per heavy atom. The van der Waals surface area contributed by atoms with Gasteiger partial charge in [-0.05, 0) is 31.0 Å². The van der Waals surface area contributed by atoms with Crippen LogP contribution in [0.3, 0.4) is 0 Å². The van der Waals surface area contributed by atoms with E-state index in [1.807, 2.05) is 0 Å². The number of anilines is 1. The summed E-state index contributed by atoms with van der Waals surface area (Å²) in [6.07, 6.45) is 6.02. The maximum absolute atomic E-state index is 13.1. The summed E-state index contributed by atoms with van der Waals surface area (Å²) in [7, 11) is 0. The van der Waals surface area contributed by atoms with E-state index >= 15 is 0 Å². The van der Waals surface area contributed by atoms with Gasteiger partial charge in [0.2, 0.25) is 5.91 Å². The zero-order valence-electron chi connectivity index (χ0n) is 13.2. The molecule has 3 rings (SSSR count). The zero-order valence-corrected chi connectivity index (χ0v) is 14.0. The number of piperazine rings is 1. The Kier molecular flexibility index (Phi) is 5.19. The molecule has 0 aromatic heterocycles. The van der Waals surface area contributed by atoms with Gasteiger partial charge >= 0.3 is 0 Å². The first-order chi connectivity index (χ1) is 11.1. The summed E-state index contributed by atoms with van der Waals surface area (Å²) in [5.74, 6) is -0.499. The van der Waals surface area contributed by atoms with Gasteiger partial charge in [0.05, 0.1) is 17.3 Å². The highest BCUT2D eigenvalue weighted by Gasteiger charge is 2.40. The van der Waals surface area contributed by atoms with E-state index in [0.717, 1.165) is 32.5 Å². The van der Waals surface area contributed by atoms with Crippen LogP contribution in [0.25, 0.3) is 0 Å². The summed E-state index contributed by atoms with van der Waals surface area (Å²) in [5.41, 5.74) is 0.575. The van der Waals surface area contributed by atoms with Gasteiger partial charge in [0.15, 0.2) is 0 Å². The fraction of sp³-hybridized carbons (Fsp3) is 0.588. The number of hydrogen-bond donors (Lipinski definition) is 2. The third-order valence-corrected chi connectivity index (χ3v) is 5.32. The van der Waals surface area contributed by atoms with Crippen molar-refractivity contribution < 1.29 is 9.18 Å². The number of benzene rings is 1. The molecule has 0 unspecified atom stereocenters. The van der Waals surface area contributed by atoms with Gasteiger partial charge in [0, 0.05) is 25.2 Å². The molecule has 1 amide bonds. The van der Waals surface area contributed by atoms with Crippen LogP contribution in [0.2, 0.25) is 5.02 Å². The quantitative estimate of drug-likeness (QED) is 0.889. The van der Waals surface area contributed by atoms with Gasteiger partial charge in [-0.1, -0.05) is 30.9 Å². The molecule has 1 aromatic rings. The number of carbonyl (C=O) groups is 1. The summed E-state index contributed by atoms with van der Waals surface area (Å²) in [6.45, 7) is 3.10. The van der Waals surface area contributed by atoms with Gasteiger partial charge in [0.1, 0.15) is 5.82 Å². The Morgan fingerprint density at radius 3 is 2.87 bits per heavy atom. The second kappa shape index (κ2) is 7.16. The Hall–Kier alpha value is -1.17. The van der Waals surface area contributed by atoms with Crippen molar-refractivity contribution in [1.29, 1.82) is 0 Å². The molecular weight excluding hydrogens is 317 g/mol. The van der Waals surface area contributed by atoms with Gasteiger partial charge < -0.3 is 10.6 Å². The lowest BCUT2D eigenvalue weighted by atomic mass is 9.79. The first kappa shape index (κ1) is 16.7. The van der Waals surface area contributed by atoms with Crippen LogP contribution in [0.15, 0.2) is 18.2 Å². The molecule has 2 fully saturated rings. The van der Waals surface area contributed by atoms with Crippen LogP contribution in [0, 0.1) is 5.82 Å². The Bertz CT molecular complexity index is 567. The predicted molar refractivity (Wildman–Crippen MR) is 90.3 cm³/mol. The van der Waals surface area contributed by atoms with Crippen molar-refractivity contribution in [3.05, 3.63) is 29.0 Å². The molecule has 4 nitrogen and oxygen atoms in total. The van der Waals surface area contributed by atoms with Gasteiger partial charge in [0.25, 0.3) is 0 Å². The molecule has 0 bridgehead atoms. The van der Waals surface area contributed by atoms with Crippen LogP contribution in [0.4, 0.5) is 10.1 Å². The number of amides is 1. The molecule has 6 heteroatoms. The van der Waals surface area contributed by atoms with Crippen LogP contribution in [0.5, 0.6) is 0 Å². The van der Waals surface area contributed by atoms with Crippen LogP contribution < -0.4 is 10.6 Å². The summed E-state index contributed by atoms with van der Waals surface area (Å²) in [5, 5.41) is 6.51. The van der Waals surface area contributed by atoms with E-state index in [0.29, 0.717) is 12.2 Å². The monoisotopic (exact) mass is 339 g/mol. The average molecular weight is 340 g/mol. The fourth-order valence-electron chi connectivity index (χ4n) is 3.79. The first-order valence-corrected chi connectivity index (χ1v) is 8.68. The lowest BCUT2D eigenvalue weighted by Crippen LogP contribution is -2.63. The molecule has 2 aliphatic rings. The van der Waals surface area contributed by atoms with Gasteiger partial charge in [-0.3, -0.25) is 9.69 Å². The van der Waals surface area contributed by atoms with E-state index in [1.54, 1.807) is 0 Å². The number of hydrogen-bond acceptors (Lipinski definition) is 3. The average Bonchev–Trinajstić information content (AvgIpc) is 2.53. The maximum Gasteiger partial charge on any atom is 0.238 e. The molecular formula is C17H23ClFN3O. The molecule has 1 saturated carbocycles. The number of carbonyl (C=O) groups excluding carboxylic acids is 1. The van der Waals surface area contributed by atoms with Crippen LogP contribution in [-0.4, -0.2) is 42.5 Å². The molecule has 2 N–H and O–H groups in total. The smallest absolute Gasteiger partial charge is 0.238 e. The minimum atomic E-state index is -0.406. The van der Waals surface area contributed by atoms with Crippen LogP contribution in [-0.2, 0) is 4.79 Å². The summed E-state index contributed by atoms with van der Waals surface area (Å²) in [6, 6.07) is 4.02. The molecule has 126 valence electrons. The van der Waals surface area contributed by atoms with Crippen molar-refractivity contribution in [2.75, 3.05) is 31.5 Å². The Morgan fingerprint density at radius 2 is 2.13 bits per heavy atom. The molecule has 1 aliphatic carbocycles. The number of nitrogens with one attached hydrogen (secondary N) is 2. The molecule has 0 radical (unpaired) electrons. The van der Waals surface area contributed by atoms with E-state index in [9.17, 15) is 9.18 Å². The number of rotatable bonds is 3. The normalized spacial score (nSPS) is 21.3. The predicted octanol–water partition coefficient (Wildman–Crippen LogP) is 3.03. The van der Waals surface area contributed by atoms with Gasteiger partial charge in [-0.15, -0.1) is 0 Å². The Labute approximate surface area is 141 Å². The minimum absolute atomic E-state index is 0.0923. The molecule has 1 saturated heterocycles. The SMILES string of the molecule is O=C(CN1CCNCC12CCCCC2)Nc1ccc(F)cc1Cl. The van der Waals surface area contributed by atoms with E-state index in [1.165, 1.54) is 37.5 Å². The summed E-state index contributed by atoms with van der Waals surface area (Å²) >= 11 is 5.98. The minimum Gasteiger partial charge on any atom is -0.324 e. The molecule has 1 heterocycles. The van der Waals surface area contributed by atoms with E-state index in [2.05, 4.69) is 15.5 Å². The first-order valence-electron chi connectivity index (χ1n) is 8.30. The largest absolute Gasteiger partial charge is 0.324 e. The molecule has 1 spiro atoms. The van der Waals surface area contributed by atoms with Crippen molar-refractivity contribution in [2.45, 2.75) is 37.6 Å². The molecule has 0 atom stereocenters. The highest BCUT2D eigenvalue weighted by Crippen LogP contribution is 2.34. The fourth-order valence-corrected chi connectivity index (χ4v) is 4.00. The topological polar surface area (TPSA) is 44.4 Å². The second-order valence-corrected chi connectivity index (χ2v) is 6.96. The van der Waals surface area contributed by atoms with Crippen molar-refractivity contribution in [3.8, 4) is 0 Å². The van der Waals surface area contributed by atoms with Crippen LogP contribution >= 0.6 is 11.6 Å². The second-order valence-electron chi connectivity index (χ2n) is 6.56. The highest BCUT2D eigenvalue weighted by molar-refractivity contribution is 6.33. The third kappa shape index (κ3) is 3.84. The number of nitrogens with zero attached hydrogens (tertiary/aromatic N) is 1.